The van der Waals surface area contributed by atoms with Crippen molar-refractivity contribution in [3.63, 3.8) is 0 Å². The summed E-state index contributed by atoms with van der Waals surface area (Å²) >= 11 is 0. The summed E-state index contributed by atoms with van der Waals surface area (Å²) in [5.41, 5.74) is 2.84. The van der Waals surface area contributed by atoms with Crippen LogP contribution in [0.4, 0.5) is 5.95 Å². The number of hydrogen-bond donors (Lipinski definition) is 1. The first kappa shape index (κ1) is 13.7. The van der Waals surface area contributed by atoms with Gasteiger partial charge in [-0.3, -0.25) is 0 Å². The molecule has 0 radical (unpaired) electrons. The molecule has 3 rings (SSSR count). The highest BCUT2D eigenvalue weighted by atomic mass is 16.5. The molecule has 0 bridgehead atoms. The SMILES string of the molecule is COc1cc(OC)nc(NC2CCc3ccccc3C2)n1. The first-order valence-corrected chi connectivity index (χ1v) is 7.09. The topological polar surface area (TPSA) is 56.3 Å². The lowest BCUT2D eigenvalue weighted by molar-refractivity contribution is 0.372. The third kappa shape index (κ3) is 3.07. The predicted molar refractivity (Wildman–Crippen MR) is 81.0 cm³/mol. The molecule has 21 heavy (non-hydrogen) atoms. The monoisotopic (exact) mass is 285 g/mol. The Hall–Kier alpha value is -2.30. The lowest BCUT2D eigenvalue weighted by Crippen LogP contribution is -2.28. The number of aryl methyl sites for hydroxylation is 1. The third-order valence-electron chi connectivity index (χ3n) is 3.78. The fourth-order valence-corrected chi connectivity index (χ4v) is 2.68. The Kier molecular flexibility index (Phi) is 3.90. The molecule has 0 saturated heterocycles. The largest absolute Gasteiger partial charge is 0.481 e. The zero-order valence-corrected chi connectivity index (χ0v) is 12.3. The Bertz CT molecular complexity index is 608. The van der Waals surface area contributed by atoms with Crippen LogP contribution in [0, 0.1) is 0 Å². The van der Waals surface area contributed by atoms with Crippen LogP contribution in [0.15, 0.2) is 30.3 Å². The van der Waals surface area contributed by atoms with E-state index in [0.717, 1.165) is 19.3 Å². The van der Waals surface area contributed by atoms with Gasteiger partial charge in [-0.25, -0.2) is 0 Å². The fourth-order valence-electron chi connectivity index (χ4n) is 2.68. The van der Waals surface area contributed by atoms with E-state index >= 15 is 0 Å². The van der Waals surface area contributed by atoms with E-state index in [-0.39, 0.29) is 0 Å². The van der Waals surface area contributed by atoms with E-state index in [0.29, 0.717) is 23.8 Å². The minimum Gasteiger partial charge on any atom is -0.481 e. The number of ether oxygens (including phenoxy) is 2. The molecule has 0 aliphatic heterocycles. The highest BCUT2D eigenvalue weighted by Crippen LogP contribution is 2.24. The van der Waals surface area contributed by atoms with Crippen LogP contribution in [0.1, 0.15) is 17.5 Å². The number of aromatic nitrogens is 2. The fraction of sp³-hybridized carbons (Fsp3) is 0.375. The van der Waals surface area contributed by atoms with Crippen LogP contribution in [-0.2, 0) is 12.8 Å². The number of methoxy groups -OCH3 is 2. The molecule has 0 saturated carbocycles. The van der Waals surface area contributed by atoms with Gasteiger partial charge in [0.1, 0.15) is 0 Å². The summed E-state index contributed by atoms with van der Waals surface area (Å²) in [7, 11) is 3.17. The van der Waals surface area contributed by atoms with Crippen LogP contribution in [0.2, 0.25) is 0 Å². The maximum absolute atomic E-state index is 5.17. The van der Waals surface area contributed by atoms with E-state index in [1.807, 2.05) is 0 Å². The number of nitrogens with one attached hydrogen (secondary N) is 1. The molecule has 1 N–H and O–H groups in total. The molecule has 1 aliphatic rings. The number of fused-ring (bicyclic) bond motifs is 1. The number of rotatable bonds is 4. The first-order valence-electron chi connectivity index (χ1n) is 7.09. The molecule has 1 heterocycles. The van der Waals surface area contributed by atoms with Crippen molar-refractivity contribution in [1.82, 2.24) is 9.97 Å². The molecule has 0 spiro atoms. The van der Waals surface area contributed by atoms with E-state index in [4.69, 9.17) is 9.47 Å². The molecule has 1 atom stereocenters. The van der Waals surface area contributed by atoms with Crippen molar-refractivity contribution in [2.24, 2.45) is 0 Å². The van der Waals surface area contributed by atoms with Crippen molar-refractivity contribution in [2.75, 3.05) is 19.5 Å². The van der Waals surface area contributed by atoms with E-state index in [9.17, 15) is 0 Å². The van der Waals surface area contributed by atoms with Gasteiger partial charge in [0.25, 0.3) is 0 Å². The maximum Gasteiger partial charge on any atom is 0.229 e. The number of nitrogens with zero attached hydrogens (tertiary/aromatic N) is 2. The second-order valence-electron chi connectivity index (χ2n) is 5.13. The Morgan fingerprint density at radius 2 is 1.71 bits per heavy atom. The molecule has 1 aromatic heterocycles. The molecule has 2 aromatic rings. The van der Waals surface area contributed by atoms with Gasteiger partial charge < -0.3 is 14.8 Å². The predicted octanol–water partition coefficient (Wildman–Crippen LogP) is 2.46. The van der Waals surface area contributed by atoms with Crippen LogP contribution >= 0.6 is 0 Å². The minimum absolute atomic E-state index is 0.330. The summed E-state index contributed by atoms with van der Waals surface area (Å²) in [5.74, 6) is 1.55. The van der Waals surface area contributed by atoms with Crippen LogP contribution in [0.3, 0.4) is 0 Å². The molecule has 5 nitrogen and oxygen atoms in total. The molecular weight excluding hydrogens is 266 g/mol. The van der Waals surface area contributed by atoms with Gasteiger partial charge >= 0.3 is 0 Å². The Morgan fingerprint density at radius 1 is 1.05 bits per heavy atom. The summed E-state index contributed by atoms with van der Waals surface area (Å²) < 4.78 is 10.3. The summed E-state index contributed by atoms with van der Waals surface area (Å²) in [5, 5.41) is 3.39. The van der Waals surface area contributed by atoms with Gasteiger partial charge in [-0.2, -0.15) is 9.97 Å². The van der Waals surface area contributed by atoms with E-state index in [1.54, 1.807) is 20.3 Å². The van der Waals surface area contributed by atoms with Crippen LogP contribution < -0.4 is 14.8 Å². The summed E-state index contributed by atoms with van der Waals surface area (Å²) in [6, 6.07) is 10.6. The average Bonchev–Trinajstić information content (AvgIpc) is 2.54. The summed E-state index contributed by atoms with van der Waals surface area (Å²) in [6.45, 7) is 0. The van der Waals surface area contributed by atoms with Crippen LogP contribution in [-0.4, -0.2) is 30.2 Å². The normalized spacial score (nSPS) is 17.0. The molecule has 1 aliphatic carbocycles. The van der Waals surface area contributed by atoms with E-state index in [1.165, 1.54) is 11.1 Å². The molecule has 0 amide bonds. The van der Waals surface area contributed by atoms with Gasteiger partial charge in [0.15, 0.2) is 0 Å². The molecule has 110 valence electrons. The van der Waals surface area contributed by atoms with Crippen molar-refractivity contribution < 1.29 is 9.47 Å². The van der Waals surface area contributed by atoms with Crippen molar-refractivity contribution in [3.05, 3.63) is 41.5 Å². The van der Waals surface area contributed by atoms with Gasteiger partial charge in [-0.1, -0.05) is 24.3 Å². The smallest absolute Gasteiger partial charge is 0.229 e. The zero-order chi connectivity index (χ0) is 14.7. The van der Waals surface area contributed by atoms with Gasteiger partial charge in [0, 0.05) is 6.04 Å². The summed E-state index contributed by atoms with van der Waals surface area (Å²) in [4.78, 5) is 8.65. The zero-order valence-electron chi connectivity index (χ0n) is 12.3. The number of anilines is 1. The van der Waals surface area contributed by atoms with E-state index in [2.05, 4.69) is 39.6 Å². The number of benzene rings is 1. The lowest BCUT2D eigenvalue weighted by atomic mass is 9.88. The van der Waals surface area contributed by atoms with Gasteiger partial charge in [0.2, 0.25) is 17.7 Å². The quantitative estimate of drug-likeness (QED) is 0.935. The molecule has 1 unspecified atom stereocenters. The minimum atomic E-state index is 0.330. The Morgan fingerprint density at radius 3 is 2.38 bits per heavy atom. The van der Waals surface area contributed by atoms with Crippen LogP contribution in [0.5, 0.6) is 11.8 Å². The second-order valence-corrected chi connectivity index (χ2v) is 5.13. The second kappa shape index (κ2) is 5.99. The highest BCUT2D eigenvalue weighted by Gasteiger charge is 2.19. The molecule has 5 heteroatoms. The Balaban J connectivity index is 1.76. The van der Waals surface area contributed by atoms with Gasteiger partial charge in [0.05, 0.1) is 20.3 Å². The van der Waals surface area contributed by atoms with E-state index < -0.39 is 0 Å². The molecular formula is C16H19N3O2. The standard InChI is InChI=1S/C16H19N3O2/c1-20-14-10-15(21-2)19-16(18-14)17-13-8-7-11-5-3-4-6-12(11)9-13/h3-6,10,13H,7-9H2,1-2H3,(H,17,18,19). The van der Waals surface area contributed by atoms with Crippen molar-refractivity contribution >= 4 is 5.95 Å². The number of hydrogen-bond acceptors (Lipinski definition) is 5. The molecule has 1 aromatic carbocycles. The van der Waals surface area contributed by atoms with Crippen molar-refractivity contribution in [3.8, 4) is 11.8 Å². The van der Waals surface area contributed by atoms with Crippen molar-refractivity contribution in [1.29, 1.82) is 0 Å². The average molecular weight is 285 g/mol. The maximum atomic E-state index is 5.17. The highest BCUT2D eigenvalue weighted by molar-refractivity contribution is 5.37. The Labute approximate surface area is 124 Å². The third-order valence-corrected chi connectivity index (χ3v) is 3.78. The summed E-state index contributed by atoms with van der Waals surface area (Å²) in [6.07, 6.45) is 3.13. The lowest BCUT2D eigenvalue weighted by Gasteiger charge is -2.25. The van der Waals surface area contributed by atoms with Crippen molar-refractivity contribution in [2.45, 2.75) is 25.3 Å². The van der Waals surface area contributed by atoms with Gasteiger partial charge in [-0.15, -0.1) is 0 Å². The first-order chi connectivity index (χ1) is 10.3. The van der Waals surface area contributed by atoms with Gasteiger partial charge in [-0.05, 0) is 30.4 Å². The molecule has 0 fully saturated rings. The van der Waals surface area contributed by atoms with Crippen LogP contribution in [0.25, 0.3) is 0 Å².